The van der Waals surface area contributed by atoms with Crippen LogP contribution in [0.15, 0.2) is 41.0 Å². The summed E-state index contributed by atoms with van der Waals surface area (Å²) >= 11 is 0. The van der Waals surface area contributed by atoms with Gasteiger partial charge in [0.1, 0.15) is 5.83 Å². The van der Waals surface area contributed by atoms with Crippen molar-refractivity contribution in [2.24, 2.45) is 0 Å². The summed E-state index contributed by atoms with van der Waals surface area (Å²) in [6.45, 7) is 7.36. The molecule has 1 fully saturated rings. The summed E-state index contributed by atoms with van der Waals surface area (Å²) in [5.74, 6) is 6.09. The maximum Gasteiger partial charge on any atom is 0.135 e. The van der Waals surface area contributed by atoms with Crippen LogP contribution in [0.4, 0.5) is 4.39 Å². The van der Waals surface area contributed by atoms with Gasteiger partial charge in [-0.1, -0.05) is 41.7 Å². The van der Waals surface area contributed by atoms with Crippen molar-refractivity contribution in [3.05, 3.63) is 52.1 Å². The van der Waals surface area contributed by atoms with Gasteiger partial charge in [0.2, 0.25) is 0 Å². The number of nitrogens with zero attached hydrogens (tertiary/aromatic N) is 2. The molecule has 2 nitrogen and oxygen atoms in total. The molecule has 0 aromatic heterocycles. The van der Waals surface area contributed by atoms with Gasteiger partial charge in [0, 0.05) is 56.5 Å². The van der Waals surface area contributed by atoms with E-state index in [-0.39, 0.29) is 5.83 Å². The number of rotatable bonds is 3. The first kappa shape index (κ1) is 18.3. The third-order valence-electron chi connectivity index (χ3n) is 5.01. The van der Waals surface area contributed by atoms with Crippen LogP contribution in [-0.2, 0) is 6.54 Å². The van der Waals surface area contributed by atoms with Crippen LogP contribution in [0.1, 0.15) is 30.9 Å². The summed E-state index contributed by atoms with van der Waals surface area (Å²) in [5, 5.41) is 0.658. The van der Waals surface area contributed by atoms with Crippen molar-refractivity contribution in [2.45, 2.75) is 26.3 Å². The van der Waals surface area contributed by atoms with E-state index in [2.05, 4.69) is 50.1 Å². The lowest BCUT2D eigenvalue weighted by atomic mass is 9.97. The fraction of sp³-hybridized carbons (Fsp3) is 0.429. The predicted molar refractivity (Wildman–Crippen MR) is 107 cm³/mol. The highest BCUT2D eigenvalue weighted by Gasteiger charge is 2.16. The van der Waals surface area contributed by atoms with Crippen molar-refractivity contribution >= 4 is 14.8 Å². The maximum absolute atomic E-state index is 14.8. The highest BCUT2D eigenvalue weighted by molar-refractivity contribution is 7.23. The van der Waals surface area contributed by atoms with Gasteiger partial charge >= 0.3 is 0 Å². The van der Waals surface area contributed by atoms with E-state index in [1.165, 1.54) is 5.56 Å². The Morgan fingerprint density at radius 1 is 1.04 bits per heavy atom. The lowest BCUT2D eigenvalue weighted by Crippen LogP contribution is -2.43. The van der Waals surface area contributed by atoms with E-state index in [9.17, 15) is 4.39 Å². The lowest BCUT2D eigenvalue weighted by Gasteiger charge is -2.32. The number of likely N-dealkylation sites (N-methyl/N-ethyl adjacent to an activating group) is 1. The van der Waals surface area contributed by atoms with Crippen LogP contribution in [0.2, 0.25) is 0 Å². The summed E-state index contributed by atoms with van der Waals surface area (Å²) in [6.07, 6.45) is 1.11. The standard InChI is InChI=1S/C21H26FN2P/c1-16-5-3-4-6-19(20(22)21(16)25)18-9-7-17(8-10-18)15-24-13-11-23(2)12-14-24/h7-10H,5-6,11-15,25H2,1-2H3/b20-19-,21-16+. The highest BCUT2D eigenvalue weighted by Crippen LogP contribution is 2.34. The summed E-state index contributed by atoms with van der Waals surface area (Å²) in [6, 6.07) is 8.33. The molecule has 3 rings (SSSR count). The molecule has 0 N–H and O–H groups in total. The molecule has 0 saturated carbocycles. The van der Waals surface area contributed by atoms with Crippen LogP contribution >= 0.6 is 9.24 Å². The molecular weight excluding hydrogens is 330 g/mol. The lowest BCUT2D eigenvalue weighted by molar-refractivity contribution is 0.148. The topological polar surface area (TPSA) is 6.48 Å². The molecule has 0 bridgehead atoms. The summed E-state index contributed by atoms with van der Waals surface area (Å²) in [7, 11) is 4.71. The van der Waals surface area contributed by atoms with Crippen molar-refractivity contribution in [3.63, 3.8) is 0 Å². The zero-order chi connectivity index (χ0) is 17.8. The van der Waals surface area contributed by atoms with E-state index in [4.69, 9.17) is 0 Å². The molecule has 1 aliphatic carbocycles. The smallest absolute Gasteiger partial charge is 0.135 e. The van der Waals surface area contributed by atoms with E-state index < -0.39 is 0 Å². The molecule has 1 heterocycles. The molecule has 25 heavy (non-hydrogen) atoms. The number of benzene rings is 1. The molecule has 0 amide bonds. The van der Waals surface area contributed by atoms with Gasteiger partial charge in [0.25, 0.3) is 0 Å². The highest BCUT2D eigenvalue weighted by atomic mass is 31.0. The van der Waals surface area contributed by atoms with E-state index in [1.807, 2.05) is 19.1 Å². The van der Waals surface area contributed by atoms with Gasteiger partial charge in [-0.3, -0.25) is 4.90 Å². The SMILES string of the molecule is C/C1=C(P)/C(F)=C(/c2ccc(CN3CCN(C)CC3)cc2)CC#CC1. The average molecular weight is 356 g/mol. The van der Waals surface area contributed by atoms with Gasteiger partial charge in [-0.2, -0.15) is 0 Å². The number of allylic oxidation sites excluding steroid dienone is 4. The fourth-order valence-corrected chi connectivity index (χ4v) is 3.45. The second-order valence-electron chi connectivity index (χ2n) is 6.97. The Morgan fingerprint density at radius 3 is 2.36 bits per heavy atom. The Hall–Kier alpha value is -1.46. The van der Waals surface area contributed by atoms with Crippen molar-refractivity contribution in [1.29, 1.82) is 0 Å². The van der Waals surface area contributed by atoms with Crippen molar-refractivity contribution in [1.82, 2.24) is 9.80 Å². The summed E-state index contributed by atoms with van der Waals surface area (Å²) < 4.78 is 14.8. The quantitative estimate of drug-likeness (QED) is 0.595. The first-order valence-corrected chi connectivity index (χ1v) is 9.42. The second-order valence-corrected chi connectivity index (χ2v) is 7.55. The Bertz CT molecular complexity index is 744. The van der Waals surface area contributed by atoms with Gasteiger partial charge < -0.3 is 4.90 Å². The molecule has 4 heteroatoms. The van der Waals surface area contributed by atoms with Crippen LogP contribution in [0.5, 0.6) is 0 Å². The summed E-state index contributed by atoms with van der Waals surface area (Å²) in [4.78, 5) is 4.84. The Kier molecular flexibility index (Phi) is 6.07. The Labute approximate surface area is 153 Å². The molecular formula is C21H26FN2P. The van der Waals surface area contributed by atoms with Gasteiger partial charge in [0.15, 0.2) is 0 Å². The molecule has 1 atom stereocenters. The van der Waals surface area contributed by atoms with Crippen LogP contribution in [0.3, 0.4) is 0 Å². The van der Waals surface area contributed by atoms with Crippen LogP contribution in [-0.4, -0.2) is 43.0 Å². The molecule has 1 aromatic rings. The molecule has 0 spiro atoms. The van der Waals surface area contributed by atoms with Crippen LogP contribution in [0, 0.1) is 11.8 Å². The van der Waals surface area contributed by atoms with Crippen molar-refractivity contribution in [2.75, 3.05) is 33.2 Å². The van der Waals surface area contributed by atoms with Gasteiger partial charge in [-0.15, -0.1) is 9.24 Å². The molecule has 1 aliphatic heterocycles. The molecule has 1 unspecified atom stereocenters. The van der Waals surface area contributed by atoms with Crippen molar-refractivity contribution in [3.8, 4) is 11.8 Å². The Balaban J connectivity index is 1.77. The zero-order valence-corrected chi connectivity index (χ0v) is 16.3. The Morgan fingerprint density at radius 2 is 1.68 bits per heavy atom. The first-order chi connectivity index (χ1) is 12.0. The minimum Gasteiger partial charge on any atom is -0.304 e. The largest absolute Gasteiger partial charge is 0.304 e. The first-order valence-electron chi connectivity index (χ1n) is 8.85. The second kappa shape index (κ2) is 8.28. The van der Waals surface area contributed by atoms with Gasteiger partial charge in [0.05, 0.1) is 0 Å². The monoisotopic (exact) mass is 356 g/mol. The normalized spacial score (nSPS) is 25.9. The van der Waals surface area contributed by atoms with E-state index in [1.54, 1.807) is 0 Å². The van der Waals surface area contributed by atoms with Crippen molar-refractivity contribution < 1.29 is 4.39 Å². The minimum atomic E-state index is -0.136. The third kappa shape index (κ3) is 4.59. The number of halogens is 1. The van der Waals surface area contributed by atoms with E-state index >= 15 is 0 Å². The number of hydrogen-bond acceptors (Lipinski definition) is 2. The number of hydrogen-bond donors (Lipinski definition) is 0. The maximum atomic E-state index is 14.8. The molecule has 0 radical (unpaired) electrons. The van der Waals surface area contributed by atoms with E-state index in [0.29, 0.717) is 23.7 Å². The predicted octanol–water partition coefficient (Wildman–Crippen LogP) is 4.06. The fourth-order valence-electron chi connectivity index (χ4n) is 3.17. The molecule has 2 aliphatic rings. The number of piperazine rings is 1. The summed E-state index contributed by atoms with van der Waals surface area (Å²) in [5.41, 5.74) is 3.90. The van der Waals surface area contributed by atoms with Crippen LogP contribution < -0.4 is 0 Å². The zero-order valence-electron chi connectivity index (χ0n) is 15.1. The van der Waals surface area contributed by atoms with Gasteiger partial charge in [-0.05, 0) is 25.1 Å². The van der Waals surface area contributed by atoms with Gasteiger partial charge in [-0.25, -0.2) is 4.39 Å². The molecule has 1 saturated heterocycles. The molecule has 132 valence electrons. The minimum absolute atomic E-state index is 0.136. The average Bonchev–Trinajstić information content (AvgIpc) is 2.62. The third-order valence-corrected chi connectivity index (χ3v) is 5.76. The van der Waals surface area contributed by atoms with Crippen LogP contribution in [0.25, 0.3) is 5.57 Å². The molecule has 1 aromatic carbocycles. The van der Waals surface area contributed by atoms with E-state index in [0.717, 1.165) is 43.9 Å².